The number of aromatic carboxylic acids is 1. The van der Waals surface area contributed by atoms with Gasteiger partial charge in [0.15, 0.2) is 5.69 Å². The molecule has 2 aliphatic rings. The predicted octanol–water partition coefficient (Wildman–Crippen LogP) is 0.917. The van der Waals surface area contributed by atoms with Gasteiger partial charge in [0.05, 0.1) is 6.20 Å². The molecule has 7 heteroatoms. The molecule has 2 saturated carbocycles. The Morgan fingerprint density at radius 1 is 1.48 bits per heavy atom. The Morgan fingerprint density at radius 2 is 2.29 bits per heavy atom. The maximum atomic E-state index is 12.0. The number of nitrogens with one attached hydrogen (secondary N) is 1. The zero-order valence-electron chi connectivity index (χ0n) is 12.0. The van der Waals surface area contributed by atoms with Gasteiger partial charge in [-0.3, -0.25) is 4.79 Å². The van der Waals surface area contributed by atoms with Crippen LogP contribution in [0.3, 0.4) is 0 Å². The molecule has 2 aliphatic carbocycles. The summed E-state index contributed by atoms with van der Waals surface area (Å²) in [5.41, 5.74) is -0.149. The van der Waals surface area contributed by atoms with Gasteiger partial charge in [-0.05, 0) is 43.9 Å². The van der Waals surface area contributed by atoms with Gasteiger partial charge in [0.2, 0.25) is 5.91 Å². The molecule has 7 nitrogen and oxygen atoms in total. The molecule has 0 spiro atoms. The first-order valence-electron chi connectivity index (χ1n) is 7.45. The Kier molecular flexibility index (Phi) is 3.65. The van der Waals surface area contributed by atoms with Crippen molar-refractivity contribution >= 4 is 11.9 Å². The summed E-state index contributed by atoms with van der Waals surface area (Å²) in [5.74, 6) is 0.908. The number of carbonyl (C=O) groups is 2. The average molecular weight is 292 g/mol. The lowest BCUT2D eigenvalue weighted by molar-refractivity contribution is -0.123. The van der Waals surface area contributed by atoms with E-state index in [1.165, 1.54) is 36.6 Å². The summed E-state index contributed by atoms with van der Waals surface area (Å²) < 4.78 is 1.26. The van der Waals surface area contributed by atoms with E-state index >= 15 is 0 Å². The smallest absolute Gasteiger partial charge is 0.358 e. The third-order valence-electron chi connectivity index (χ3n) is 4.89. The lowest BCUT2D eigenvalue weighted by Gasteiger charge is -2.28. The van der Waals surface area contributed by atoms with Crippen LogP contribution >= 0.6 is 0 Å². The molecule has 2 fully saturated rings. The van der Waals surface area contributed by atoms with Crippen molar-refractivity contribution in [2.75, 3.05) is 0 Å². The highest BCUT2D eigenvalue weighted by molar-refractivity contribution is 5.84. The number of carboxylic acid groups (broad SMARTS) is 1. The molecule has 4 atom stereocenters. The summed E-state index contributed by atoms with van der Waals surface area (Å²) in [4.78, 5) is 22.7. The zero-order valence-corrected chi connectivity index (χ0v) is 12.0. The highest BCUT2D eigenvalue weighted by Gasteiger charge is 2.42. The van der Waals surface area contributed by atoms with Gasteiger partial charge >= 0.3 is 5.97 Å². The average Bonchev–Trinajstić information content (AvgIpc) is 3.13. The fourth-order valence-corrected chi connectivity index (χ4v) is 3.93. The van der Waals surface area contributed by atoms with Crippen LogP contribution in [0.2, 0.25) is 0 Å². The summed E-state index contributed by atoms with van der Waals surface area (Å²) in [7, 11) is 0. The monoisotopic (exact) mass is 292 g/mol. The molecule has 2 bridgehead atoms. The van der Waals surface area contributed by atoms with Crippen LogP contribution in [-0.4, -0.2) is 38.0 Å². The molecule has 0 radical (unpaired) electrons. The number of amides is 1. The maximum absolute atomic E-state index is 12.0. The molecule has 21 heavy (non-hydrogen) atoms. The van der Waals surface area contributed by atoms with Crippen molar-refractivity contribution in [2.24, 2.45) is 17.8 Å². The number of hydrogen-bond acceptors (Lipinski definition) is 4. The molecule has 0 saturated heterocycles. The highest BCUT2D eigenvalue weighted by atomic mass is 16.4. The van der Waals surface area contributed by atoms with E-state index in [1.54, 1.807) is 0 Å². The Bertz CT molecular complexity index is 556. The van der Waals surface area contributed by atoms with E-state index in [0.29, 0.717) is 5.92 Å². The van der Waals surface area contributed by atoms with Gasteiger partial charge in [-0.2, -0.15) is 0 Å². The third-order valence-corrected chi connectivity index (χ3v) is 4.89. The molecule has 114 valence electrons. The Hall–Kier alpha value is -1.92. The van der Waals surface area contributed by atoms with Gasteiger partial charge < -0.3 is 10.4 Å². The van der Waals surface area contributed by atoms with Crippen LogP contribution < -0.4 is 5.32 Å². The largest absolute Gasteiger partial charge is 0.476 e. The molecule has 4 unspecified atom stereocenters. The van der Waals surface area contributed by atoms with Crippen molar-refractivity contribution in [1.82, 2.24) is 20.3 Å². The van der Waals surface area contributed by atoms with Crippen molar-refractivity contribution in [2.45, 2.75) is 45.2 Å². The van der Waals surface area contributed by atoms with E-state index in [-0.39, 0.29) is 24.2 Å². The van der Waals surface area contributed by atoms with Crippen molar-refractivity contribution in [3.8, 4) is 0 Å². The molecule has 1 heterocycles. The van der Waals surface area contributed by atoms with Crippen LogP contribution in [0.4, 0.5) is 0 Å². The van der Waals surface area contributed by atoms with Gasteiger partial charge in [0.25, 0.3) is 0 Å². The highest BCUT2D eigenvalue weighted by Crippen LogP contribution is 2.49. The number of carbonyl (C=O) groups excluding carboxylic acids is 1. The molecule has 2 N–H and O–H groups in total. The van der Waals surface area contributed by atoms with Crippen molar-refractivity contribution in [3.63, 3.8) is 0 Å². The molecule has 1 amide bonds. The van der Waals surface area contributed by atoms with Gasteiger partial charge in [0.1, 0.15) is 6.54 Å². The number of nitrogens with zero attached hydrogens (tertiary/aromatic N) is 3. The lowest BCUT2D eigenvalue weighted by Crippen LogP contribution is -2.41. The fraction of sp³-hybridized carbons (Fsp3) is 0.714. The second kappa shape index (κ2) is 5.46. The van der Waals surface area contributed by atoms with Crippen molar-refractivity contribution in [1.29, 1.82) is 0 Å². The number of hydrogen-bond donors (Lipinski definition) is 2. The number of carboxylic acids is 1. The van der Waals surface area contributed by atoms with Crippen LogP contribution in [0, 0.1) is 17.8 Å². The molecular weight excluding hydrogens is 272 g/mol. The fourth-order valence-electron chi connectivity index (χ4n) is 3.93. The molecule has 3 rings (SSSR count). The van der Waals surface area contributed by atoms with Gasteiger partial charge in [-0.1, -0.05) is 11.6 Å². The Labute approximate surface area is 122 Å². The summed E-state index contributed by atoms with van der Waals surface area (Å²) in [6.45, 7) is 2.07. The summed E-state index contributed by atoms with van der Waals surface area (Å²) in [6.07, 6.45) is 6.44. The minimum atomic E-state index is -1.14. The van der Waals surface area contributed by atoms with Crippen LogP contribution in [0.15, 0.2) is 6.20 Å². The zero-order chi connectivity index (χ0) is 15.0. The number of aromatic nitrogens is 3. The molecule has 0 aromatic carbocycles. The topological polar surface area (TPSA) is 97.1 Å². The van der Waals surface area contributed by atoms with Gasteiger partial charge in [-0.15, -0.1) is 5.10 Å². The summed E-state index contributed by atoms with van der Waals surface area (Å²) in [6, 6.07) is 0.162. The normalized spacial score (nSPS) is 28.5. The molecule has 0 aliphatic heterocycles. The minimum absolute atomic E-state index is 0.00539. The van der Waals surface area contributed by atoms with Crippen LogP contribution in [0.5, 0.6) is 0 Å². The van der Waals surface area contributed by atoms with Gasteiger partial charge in [-0.25, -0.2) is 9.48 Å². The van der Waals surface area contributed by atoms with Crippen LogP contribution in [0.25, 0.3) is 0 Å². The quantitative estimate of drug-likeness (QED) is 0.841. The van der Waals surface area contributed by atoms with E-state index < -0.39 is 5.97 Å². The molecular formula is C14H20N4O3. The number of rotatable bonds is 5. The van der Waals surface area contributed by atoms with Gasteiger partial charge in [0, 0.05) is 6.04 Å². The maximum Gasteiger partial charge on any atom is 0.358 e. The van der Waals surface area contributed by atoms with Crippen molar-refractivity contribution in [3.05, 3.63) is 11.9 Å². The summed E-state index contributed by atoms with van der Waals surface area (Å²) in [5, 5.41) is 18.9. The second-order valence-electron chi connectivity index (χ2n) is 6.30. The van der Waals surface area contributed by atoms with E-state index in [4.69, 9.17) is 5.11 Å². The first-order chi connectivity index (χ1) is 10.0. The number of fused-ring (bicyclic) bond motifs is 2. The minimum Gasteiger partial charge on any atom is -0.476 e. The first-order valence-corrected chi connectivity index (χ1v) is 7.45. The van der Waals surface area contributed by atoms with E-state index in [0.717, 1.165) is 11.8 Å². The summed E-state index contributed by atoms with van der Waals surface area (Å²) >= 11 is 0. The lowest BCUT2D eigenvalue weighted by atomic mass is 9.84. The van der Waals surface area contributed by atoms with E-state index in [1.807, 2.05) is 0 Å². The first kappa shape index (κ1) is 14.0. The second-order valence-corrected chi connectivity index (χ2v) is 6.30. The van der Waals surface area contributed by atoms with Crippen molar-refractivity contribution < 1.29 is 14.7 Å². The SMILES string of the molecule is CC(NC(=O)Cn1cc(C(=O)O)nn1)C1CC2CCC1C2. The predicted molar refractivity (Wildman–Crippen MR) is 73.5 cm³/mol. The van der Waals surface area contributed by atoms with Crippen LogP contribution in [0.1, 0.15) is 43.1 Å². The van der Waals surface area contributed by atoms with E-state index in [2.05, 4.69) is 22.6 Å². The molecule has 1 aromatic rings. The third kappa shape index (κ3) is 2.91. The van der Waals surface area contributed by atoms with Crippen LogP contribution in [-0.2, 0) is 11.3 Å². The van der Waals surface area contributed by atoms with E-state index in [9.17, 15) is 9.59 Å². The Morgan fingerprint density at radius 3 is 2.86 bits per heavy atom. The standard InChI is InChI=1S/C14H20N4O3/c1-8(11-5-9-2-3-10(11)4-9)15-13(19)7-18-6-12(14(20)21)16-17-18/h6,8-11H,2-5,7H2,1H3,(H,15,19)(H,20,21). The Balaban J connectivity index is 1.52. The molecule has 1 aromatic heterocycles.